The molecule has 0 N–H and O–H groups in total. The SMILES string of the molecule is [CH2-]C[CH2-].[Cl-].[Cl-].[Hf].c1ccc2c(-c3cccc4[cH-]c(C5CCCCC5)cc34)cccc2c1.c1ccc2c(-c3cccc4[cH-]c(C5CCCCC5)cc34)cccc2c1. The third-order valence-corrected chi connectivity index (χ3v) is 11.9. The van der Waals surface area contributed by atoms with Gasteiger partial charge in [-0.1, -0.05) is 147 Å². The zero-order valence-corrected chi connectivity index (χ0v) is 37.6. The number of hydrogen-bond acceptors (Lipinski definition) is 0. The average molecular weight is 938 g/mol. The van der Waals surface area contributed by atoms with E-state index in [2.05, 4.69) is 159 Å². The Bertz CT molecular complexity index is 2250. The van der Waals surface area contributed by atoms with Crippen molar-refractivity contribution in [1.29, 1.82) is 0 Å². The molecule has 3 heteroatoms. The molecule has 0 aromatic heterocycles. The van der Waals surface area contributed by atoms with Crippen molar-refractivity contribution in [3.05, 3.63) is 171 Å². The van der Waals surface area contributed by atoms with Crippen molar-refractivity contribution in [2.45, 2.75) is 82.5 Å². The molecule has 56 heavy (non-hydrogen) atoms. The molecule has 0 bridgehead atoms. The smallest absolute Gasteiger partial charge is 0 e. The Morgan fingerprint density at radius 3 is 1.12 bits per heavy atom. The van der Waals surface area contributed by atoms with Crippen LogP contribution in [0.2, 0.25) is 0 Å². The van der Waals surface area contributed by atoms with Crippen LogP contribution >= 0.6 is 0 Å². The Morgan fingerprint density at radius 2 is 0.732 bits per heavy atom. The van der Waals surface area contributed by atoms with E-state index < -0.39 is 0 Å². The molecule has 0 saturated heterocycles. The maximum absolute atomic E-state index is 3.38. The Hall–Kier alpha value is -3.49. The van der Waals surface area contributed by atoms with Gasteiger partial charge in [0.15, 0.2) is 0 Å². The first kappa shape index (κ1) is 43.6. The number of fused-ring (bicyclic) bond motifs is 4. The maximum atomic E-state index is 3.38. The molecule has 0 aliphatic heterocycles. The van der Waals surface area contributed by atoms with Crippen molar-refractivity contribution in [2.24, 2.45) is 0 Å². The topological polar surface area (TPSA) is 0 Å². The molecular weight excluding hydrogens is 886 g/mol. The van der Waals surface area contributed by atoms with Crippen LogP contribution in [0.5, 0.6) is 0 Å². The van der Waals surface area contributed by atoms with Gasteiger partial charge in [0.25, 0.3) is 0 Å². The normalized spacial score (nSPS) is 14.5. The fraction of sp³-hybridized carbons (Fsp3) is 0.245. The first-order valence-electron chi connectivity index (χ1n) is 20.2. The number of hydrogen-bond donors (Lipinski definition) is 0. The van der Waals surface area contributed by atoms with Crippen molar-refractivity contribution < 1.29 is 50.7 Å². The largest absolute Gasteiger partial charge is 1.00 e. The van der Waals surface area contributed by atoms with Gasteiger partial charge in [0.05, 0.1) is 0 Å². The predicted molar refractivity (Wildman–Crippen MR) is 232 cm³/mol. The van der Waals surface area contributed by atoms with E-state index in [4.69, 9.17) is 0 Å². The zero-order valence-electron chi connectivity index (χ0n) is 32.5. The summed E-state index contributed by atoms with van der Waals surface area (Å²) < 4.78 is 0. The molecule has 0 amide bonds. The molecule has 8 aromatic rings. The second-order valence-electron chi connectivity index (χ2n) is 15.3. The predicted octanol–water partition coefficient (Wildman–Crippen LogP) is 9.90. The number of halogens is 2. The average Bonchev–Trinajstić information content (AvgIpc) is 3.87. The molecular formula is C53H52Cl2Hf-6. The van der Waals surface area contributed by atoms with Gasteiger partial charge in [-0.2, -0.15) is 12.1 Å². The quantitative estimate of drug-likeness (QED) is 0.122. The standard InChI is InChI=1S/2C25H23.C3H6.2ClH.Hf/c2*1-2-8-18(9-3-1)21-16-20-12-7-15-24(25(20)17-21)23-14-6-11-19-10-4-5-13-22(19)23;1-3-2;;;/h2*4-7,10-18H,1-3,8-9H2;1-3H2;2*1H;/q2*-1;-2;;;/p-2. The second-order valence-corrected chi connectivity index (χ2v) is 15.3. The molecule has 0 heterocycles. The van der Waals surface area contributed by atoms with Crippen LogP contribution in [0.4, 0.5) is 0 Å². The summed E-state index contributed by atoms with van der Waals surface area (Å²) in [5, 5.41) is 10.9. The van der Waals surface area contributed by atoms with E-state index in [0.717, 1.165) is 18.3 Å². The monoisotopic (exact) mass is 938 g/mol. The van der Waals surface area contributed by atoms with Crippen LogP contribution in [-0.4, -0.2) is 0 Å². The minimum Gasteiger partial charge on any atom is -1.00 e. The summed E-state index contributed by atoms with van der Waals surface area (Å²) in [5.74, 6) is 1.53. The van der Waals surface area contributed by atoms with Crippen molar-refractivity contribution in [3.8, 4) is 22.3 Å². The van der Waals surface area contributed by atoms with Crippen LogP contribution in [0.15, 0.2) is 146 Å². The Balaban J connectivity index is 0.000000191. The molecule has 10 rings (SSSR count). The van der Waals surface area contributed by atoms with Gasteiger partial charge < -0.3 is 45.1 Å². The summed E-state index contributed by atoms with van der Waals surface area (Å²) in [7, 11) is 0. The fourth-order valence-corrected chi connectivity index (χ4v) is 9.25. The van der Waals surface area contributed by atoms with Crippen LogP contribution in [0.1, 0.15) is 93.6 Å². The molecule has 8 aromatic carbocycles. The summed E-state index contributed by atoms with van der Waals surface area (Å²) in [5.41, 5.74) is 8.56. The first-order chi connectivity index (χ1) is 26.2. The second kappa shape index (κ2) is 20.8. The van der Waals surface area contributed by atoms with Crippen LogP contribution < -0.4 is 24.8 Å². The van der Waals surface area contributed by atoms with Crippen molar-refractivity contribution in [1.82, 2.24) is 0 Å². The van der Waals surface area contributed by atoms with Gasteiger partial charge >= 0.3 is 0 Å². The third-order valence-electron chi connectivity index (χ3n) is 11.9. The van der Waals surface area contributed by atoms with E-state index in [1.165, 1.54) is 130 Å². The van der Waals surface area contributed by atoms with Gasteiger partial charge in [-0.05, 0) is 70.2 Å². The molecule has 2 aliphatic carbocycles. The summed E-state index contributed by atoms with van der Waals surface area (Å²) in [6.45, 7) is 6.75. The summed E-state index contributed by atoms with van der Waals surface area (Å²) >= 11 is 0. The van der Waals surface area contributed by atoms with Crippen LogP contribution in [-0.2, 0) is 25.8 Å². The van der Waals surface area contributed by atoms with Crippen molar-refractivity contribution in [2.75, 3.05) is 0 Å². The van der Waals surface area contributed by atoms with Crippen molar-refractivity contribution in [3.63, 3.8) is 0 Å². The number of rotatable bonds is 4. The molecule has 2 fully saturated rings. The van der Waals surface area contributed by atoms with E-state index in [1.807, 2.05) is 0 Å². The molecule has 0 atom stereocenters. The Morgan fingerprint density at radius 1 is 0.411 bits per heavy atom. The molecule has 0 spiro atoms. The van der Waals surface area contributed by atoms with Gasteiger partial charge in [-0.25, -0.2) is 0 Å². The summed E-state index contributed by atoms with van der Waals surface area (Å²) in [6, 6.07) is 54.1. The van der Waals surface area contributed by atoms with Gasteiger partial charge in [0.2, 0.25) is 0 Å². The Kier molecular flexibility index (Phi) is 16.2. The van der Waals surface area contributed by atoms with Crippen LogP contribution in [0, 0.1) is 13.8 Å². The van der Waals surface area contributed by atoms with Gasteiger partial charge in [0, 0.05) is 25.8 Å². The van der Waals surface area contributed by atoms with Crippen LogP contribution in [0.3, 0.4) is 0 Å². The van der Waals surface area contributed by atoms with E-state index in [0.29, 0.717) is 0 Å². The van der Waals surface area contributed by atoms with Crippen molar-refractivity contribution >= 4 is 43.1 Å². The fourth-order valence-electron chi connectivity index (χ4n) is 9.25. The molecule has 0 nitrogen and oxygen atoms in total. The third kappa shape index (κ3) is 9.44. The van der Waals surface area contributed by atoms with Crippen LogP contribution in [0.25, 0.3) is 65.3 Å². The molecule has 2 saturated carbocycles. The maximum Gasteiger partial charge on any atom is 0 e. The zero-order chi connectivity index (χ0) is 36.0. The summed E-state index contributed by atoms with van der Waals surface area (Å²) in [4.78, 5) is 0. The van der Waals surface area contributed by atoms with Gasteiger partial charge in [-0.15, -0.1) is 69.1 Å². The van der Waals surface area contributed by atoms with E-state index >= 15 is 0 Å². The van der Waals surface area contributed by atoms with E-state index in [1.54, 1.807) is 11.1 Å². The van der Waals surface area contributed by atoms with Gasteiger partial charge in [0.1, 0.15) is 0 Å². The molecule has 0 unspecified atom stereocenters. The van der Waals surface area contributed by atoms with E-state index in [9.17, 15) is 0 Å². The summed E-state index contributed by atoms with van der Waals surface area (Å²) in [6.07, 6.45) is 14.6. The first-order valence-corrected chi connectivity index (χ1v) is 20.2. The van der Waals surface area contributed by atoms with Gasteiger partial charge in [-0.3, -0.25) is 0 Å². The van der Waals surface area contributed by atoms with E-state index in [-0.39, 0.29) is 50.7 Å². The molecule has 0 radical (unpaired) electrons. The Labute approximate surface area is 366 Å². The molecule has 2 aliphatic rings. The minimum absolute atomic E-state index is 0. The molecule has 288 valence electrons. The minimum atomic E-state index is 0. The number of benzene rings is 6.